The summed E-state index contributed by atoms with van der Waals surface area (Å²) in [5, 5.41) is 3.01. The number of nitrogens with two attached hydrogens (primary N) is 1. The molecule has 0 spiro atoms. The molecule has 3 rings (SSSR count). The molecule has 3 amide bonds. The highest BCUT2D eigenvalue weighted by Gasteiger charge is 2.35. The monoisotopic (exact) mass is 747 g/mol. The van der Waals surface area contributed by atoms with E-state index in [4.69, 9.17) is 19.9 Å². The van der Waals surface area contributed by atoms with Crippen molar-refractivity contribution in [3.8, 4) is 10.4 Å². The number of ether oxygens (including phenoxy) is 3. The number of rotatable bonds is 23. The predicted octanol–water partition coefficient (Wildman–Crippen LogP) is 8.24. The van der Waals surface area contributed by atoms with Gasteiger partial charge in [-0.05, 0) is 55.6 Å². The van der Waals surface area contributed by atoms with Crippen LogP contribution >= 0.6 is 11.3 Å². The van der Waals surface area contributed by atoms with E-state index in [9.17, 15) is 14.4 Å². The Morgan fingerprint density at radius 1 is 0.885 bits per heavy atom. The largest absolute Gasteiger partial charge is 0.379 e. The second-order valence-corrected chi connectivity index (χ2v) is 15.0. The van der Waals surface area contributed by atoms with Gasteiger partial charge in [0.1, 0.15) is 6.04 Å². The SMILES string of the molecule is CC.CCCCCCCOCCOCCOCCCCCC(N)=O.Cc1ncsc1-c1ccc(CNC(=O)C2CCCN2C(=O)CC(C)(C)C)cc1. The third-order valence-electron chi connectivity index (χ3n) is 8.33. The van der Waals surface area contributed by atoms with Crippen LogP contribution < -0.4 is 11.1 Å². The minimum Gasteiger partial charge on any atom is -0.379 e. The highest BCUT2D eigenvalue weighted by atomic mass is 32.1. The maximum absolute atomic E-state index is 12.7. The van der Waals surface area contributed by atoms with Crippen molar-refractivity contribution in [3.05, 3.63) is 41.0 Å². The van der Waals surface area contributed by atoms with Gasteiger partial charge in [-0.1, -0.05) is 97.9 Å². The molecule has 0 saturated carbocycles. The molecule has 52 heavy (non-hydrogen) atoms. The Hall–Kier alpha value is -2.86. The number of nitrogens with one attached hydrogen (secondary N) is 1. The van der Waals surface area contributed by atoms with Crippen molar-refractivity contribution in [2.24, 2.45) is 11.1 Å². The molecule has 1 atom stereocenters. The van der Waals surface area contributed by atoms with Gasteiger partial charge in [0.15, 0.2) is 0 Å². The molecule has 1 fully saturated rings. The Bertz CT molecular complexity index is 1230. The van der Waals surface area contributed by atoms with E-state index >= 15 is 0 Å². The van der Waals surface area contributed by atoms with E-state index in [0.29, 0.717) is 52.4 Å². The van der Waals surface area contributed by atoms with Crippen LogP contribution in [0.5, 0.6) is 0 Å². The summed E-state index contributed by atoms with van der Waals surface area (Å²) in [6.07, 6.45) is 11.7. The van der Waals surface area contributed by atoms with E-state index < -0.39 is 0 Å². The van der Waals surface area contributed by atoms with Crippen molar-refractivity contribution in [2.45, 2.75) is 138 Å². The number of nitrogens with zero attached hydrogens (tertiary/aromatic N) is 2. The van der Waals surface area contributed by atoms with Gasteiger partial charge < -0.3 is 30.2 Å². The van der Waals surface area contributed by atoms with Crippen molar-refractivity contribution < 1.29 is 28.6 Å². The highest BCUT2D eigenvalue weighted by molar-refractivity contribution is 7.13. The number of unbranched alkanes of at least 4 members (excludes halogenated alkanes) is 6. The molecule has 0 aliphatic carbocycles. The molecule has 11 heteroatoms. The van der Waals surface area contributed by atoms with Crippen molar-refractivity contribution in [1.82, 2.24) is 15.2 Å². The molecular formula is C41H70N4O6S. The second-order valence-electron chi connectivity index (χ2n) is 14.2. The van der Waals surface area contributed by atoms with Gasteiger partial charge in [0.25, 0.3) is 0 Å². The molecule has 1 aliphatic rings. The summed E-state index contributed by atoms with van der Waals surface area (Å²) in [6, 6.07) is 7.86. The summed E-state index contributed by atoms with van der Waals surface area (Å²) >= 11 is 1.63. The lowest BCUT2D eigenvalue weighted by Crippen LogP contribution is -2.46. The maximum Gasteiger partial charge on any atom is 0.243 e. The number of amides is 3. The summed E-state index contributed by atoms with van der Waals surface area (Å²) in [5.41, 5.74) is 10.1. The number of thiazole rings is 1. The van der Waals surface area contributed by atoms with Gasteiger partial charge in [-0.15, -0.1) is 11.3 Å². The number of primary amides is 1. The third-order valence-corrected chi connectivity index (χ3v) is 9.31. The maximum atomic E-state index is 12.7. The Balaban J connectivity index is 0.000000512. The number of benzene rings is 1. The first kappa shape index (κ1) is 47.2. The molecule has 1 aliphatic heterocycles. The van der Waals surface area contributed by atoms with Crippen LogP contribution in [0.2, 0.25) is 0 Å². The summed E-state index contributed by atoms with van der Waals surface area (Å²) in [7, 11) is 0. The zero-order chi connectivity index (χ0) is 38.6. The molecule has 1 saturated heterocycles. The van der Waals surface area contributed by atoms with Gasteiger partial charge in [-0.25, -0.2) is 4.98 Å². The Morgan fingerprint density at radius 2 is 1.46 bits per heavy atom. The van der Waals surface area contributed by atoms with Crippen molar-refractivity contribution >= 4 is 29.1 Å². The van der Waals surface area contributed by atoms with E-state index in [1.165, 1.54) is 30.6 Å². The van der Waals surface area contributed by atoms with Crippen LogP contribution in [0.4, 0.5) is 0 Å². The van der Waals surface area contributed by atoms with E-state index in [-0.39, 0.29) is 29.2 Å². The standard InChI is InChI=1S/C22H29N3O2S.C17H35NO4.C2H6/c1-15-20(28-14-24-15)17-9-7-16(8-10-17)13-23-21(27)18-6-5-11-25(18)19(26)12-22(2,3)4;1-2-3-4-5-8-11-20-13-15-22-16-14-21-12-9-6-7-10-17(18)19;1-2/h7-10,14,18H,5-6,11-13H2,1-4H3,(H,23,27);2-16H2,1H3,(H2,18,19);1-2H3. The smallest absolute Gasteiger partial charge is 0.243 e. The quantitative estimate of drug-likeness (QED) is 0.110. The zero-order valence-corrected chi connectivity index (χ0v) is 34.3. The fraction of sp³-hybridized carbons (Fsp3) is 0.707. The minimum atomic E-state index is -0.339. The number of aromatic nitrogens is 1. The number of aryl methyl sites for hydroxylation is 1. The highest BCUT2D eigenvalue weighted by Crippen LogP contribution is 2.28. The van der Waals surface area contributed by atoms with E-state index in [2.05, 4.69) is 29.4 Å². The molecule has 0 radical (unpaired) electrons. The molecular weight excluding hydrogens is 677 g/mol. The van der Waals surface area contributed by atoms with Crippen LogP contribution in [0.25, 0.3) is 10.4 Å². The van der Waals surface area contributed by atoms with Gasteiger partial charge in [0.2, 0.25) is 17.7 Å². The molecule has 2 heterocycles. The van der Waals surface area contributed by atoms with Gasteiger partial charge in [-0.3, -0.25) is 14.4 Å². The normalized spacial score (nSPS) is 13.9. The molecule has 10 nitrogen and oxygen atoms in total. The number of carbonyl (C=O) groups excluding carboxylic acids is 3. The molecule has 1 aromatic carbocycles. The van der Waals surface area contributed by atoms with Crippen LogP contribution in [-0.2, 0) is 35.1 Å². The lowest BCUT2D eigenvalue weighted by Gasteiger charge is -2.27. The average Bonchev–Trinajstić information content (AvgIpc) is 3.79. The van der Waals surface area contributed by atoms with Gasteiger partial charge in [-0.2, -0.15) is 0 Å². The fourth-order valence-electron chi connectivity index (χ4n) is 5.58. The zero-order valence-electron chi connectivity index (χ0n) is 33.4. The van der Waals surface area contributed by atoms with Gasteiger partial charge in [0, 0.05) is 39.1 Å². The van der Waals surface area contributed by atoms with E-state index in [1.807, 2.05) is 59.2 Å². The van der Waals surface area contributed by atoms with Gasteiger partial charge >= 0.3 is 0 Å². The number of hydrogen-bond donors (Lipinski definition) is 2. The third kappa shape index (κ3) is 21.6. The number of likely N-dealkylation sites (tertiary alicyclic amines) is 1. The van der Waals surface area contributed by atoms with Crippen LogP contribution in [-0.4, -0.2) is 79.8 Å². The van der Waals surface area contributed by atoms with Crippen LogP contribution in [0.15, 0.2) is 29.8 Å². The fourth-order valence-corrected chi connectivity index (χ4v) is 6.39. The average molecular weight is 747 g/mol. The summed E-state index contributed by atoms with van der Waals surface area (Å²) in [6.45, 7) is 19.6. The second kappa shape index (κ2) is 28.6. The summed E-state index contributed by atoms with van der Waals surface area (Å²) in [4.78, 5) is 43.0. The number of hydrogen-bond acceptors (Lipinski definition) is 8. The lowest BCUT2D eigenvalue weighted by atomic mass is 9.91. The summed E-state index contributed by atoms with van der Waals surface area (Å²) < 4.78 is 16.4. The van der Waals surface area contributed by atoms with Crippen LogP contribution in [0, 0.1) is 12.3 Å². The Kier molecular flexibility index (Phi) is 26.0. The first-order chi connectivity index (χ1) is 25.0. The minimum absolute atomic E-state index is 0.0536. The van der Waals surface area contributed by atoms with Crippen molar-refractivity contribution in [1.29, 1.82) is 0 Å². The number of carbonyl (C=O) groups is 3. The Morgan fingerprint density at radius 3 is 2.00 bits per heavy atom. The molecule has 296 valence electrons. The Labute approximate surface area is 319 Å². The van der Waals surface area contributed by atoms with Crippen LogP contribution in [0.3, 0.4) is 0 Å². The topological polar surface area (TPSA) is 133 Å². The molecule has 3 N–H and O–H groups in total. The van der Waals surface area contributed by atoms with Crippen molar-refractivity contribution in [3.63, 3.8) is 0 Å². The van der Waals surface area contributed by atoms with E-state index in [0.717, 1.165) is 68.6 Å². The van der Waals surface area contributed by atoms with Gasteiger partial charge in [0.05, 0.1) is 42.5 Å². The van der Waals surface area contributed by atoms with Crippen LogP contribution in [0.1, 0.15) is 130 Å². The lowest BCUT2D eigenvalue weighted by molar-refractivity contribution is -0.139. The summed E-state index contributed by atoms with van der Waals surface area (Å²) in [5.74, 6) is -0.200. The molecule has 2 aromatic rings. The first-order valence-corrected chi connectivity index (χ1v) is 20.5. The van der Waals surface area contributed by atoms with Crippen molar-refractivity contribution in [2.75, 3.05) is 46.2 Å². The predicted molar refractivity (Wildman–Crippen MR) is 213 cm³/mol. The molecule has 1 unspecified atom stereocenters. The molecule has 1 aromatic heterocycles. The first-order valence-electron chi connectivity index (χ1n) is 19.6. The molecule has 0 bridgehead atoms. The van der Waals surface area contributed by atoms with E-state index in [1.54, 1.807) is 16.2 Å².